The van der Waals surface area contributed by atoms with E-state index in [1.807, 2.05) is 6.92 Å². The summed E-state index contributed by atoms with van der Waals surface area (Å²) in [6, 6.07) is 11.0. The van der Waals surface area contributed by atoms with Crippen LogP contribution in [-0.4, -0.2) is 25.7 Å². The second-order valence-electron chi connectivity index (χ2n) is 4.76. The molecule has 0 bridgehead atoms. The van der Waals surface area contributed by atoms with Crippen molar-refractivity contribution in [3.05, 3.63) is 69.8 Å². The van der Waals surface area contributed by atoms with E-state index in [-0.39, 0.29) is 16.1 Å². The summed E-state index contributed by atoms with van der Waals surface area (Å²) in [5.74, 6) is -0.663. The lowest BCUT2D eigenvalue weighted by Crippen LogP contribution is -2.15. The number of benzene rings is 2. The summed E-state index contributed by atoms with van der Waals surface area (Å²) in [6.07, 6.45) is 0. The van der Waals surface area contributed by atoms with E-state index in [0.717, 1.165) is 11.6 Å². The number of ketones is 1. The molecule has 0 fully saturated rings. The fourth-order valence-electron chi connectivity index (χ4n) is 1.78. The van der Waals surface area contributed by atoms with Gasteiger partial charge in [0, 0.05) is 17.7 Å². The summed E-state index contributed by atoms with van der Waals surface area (Å²) in [6.45, 7) is 1.08. The van der Waals surface area contributed by atoms with Crippen LogP contribution in [0.1, 0.15) is 15.9 Å². The van der Waals surface area contributed by atoms with Crippen LogP contribution in [0.5, 0.6) is 0 Å². The van der Waals surface area contributed by atoms with Crippen LogP contribution in [0, 0.1) is 17.0 Å². The lowest BCUT2D eigenvalue weighted by molar-refractivity contribution is -0.384. The van der Waals surface area contributed by atoms with Crippen LogP contribution in [-0.2, 0) is 14.3 Å². The minimum atomic E-state index is -4.06. The first-order valence-corrected chi connectivity index (χ1v) is 7.94. The molecule has 0 saturated carbocycles. The Balaban J connectivity index is 2.10. The van der Waals surface area contributed by atoms with Crippen LogP contribution in [0.15, 0.2) is 53.4 Å². The molecule has 120 valence electrons. The maximum atomic E-state index is 12.0. The molecule has 0 aliphatic heterocycles. The van der Waals surface area contributed by atoms with Crippen molar-refractivity contribution < 1.29 is 22.3 Å². The molecule has 7 nitrogen and oxygen atoms in total. The van der Waals surface area contributed by atoms with Crippen molar-refractivity contribution in [1.82, 2.24) is 0 Å². The third-order valence-electron chi connectivity index (χ3n) is 3.03. The minimum Gasteiger partial charge on any atom is -0.291 e. The largest absolute Gasteiger partial charge is 0.297 e. The van der Waals surface area contributed by atoms with Gasteiger partial charge in [0.05, 0.1) is 9.82 Å². The van der Waals surface area contributed by atoms with Crippen molar-refractivity contribution in [3.63, 3.8) is 0 Å². The van der Waals surface area contributed by atoms with Crippen molar-refractivity contribution in [2.75, 3.05) is 6.61 Å². The predicted octanol–water partition coefficient (Wildman–Crippen LogP) is 2.49. The van der Waals surface area contributed by atoms with Gasteiger partial charge in [0.2, 0.25) is 0 Å². The molecule has 0 saturated heterocycles. The molecule has 0 N–H and O–H groups in total. The summed E-state index contributed by atoms with van der Waals surface area (Å²) in [5, 5.41) is 10.7. The van der Waals surface area contributed by atoms with E-state index in [0.29, 0.717) is 0 Å². The monoisotopic (exact) mass is 335 g/mol. The molecule has 0 aromatic heterocycles. The van der Waals surface area contributed by atoms with E-state index in [2.05, 4.69) is 0 Å². The Hall–Kier alpha value is -2.58. The van der Waals surface area contributed by atoms with Crippen LogP contribution in [0.3, 0.4) is 0 Å². The van der Waals surface area contributed by atoms with Gasteiger partial charge < -0.3 is 0 Å². The van der Waals surface area contributed by atoms with Gasteiger partial charge in [-0.2, -0.15) is 8.42 Å². The number of nitrogens with zero attached hydrogens (tertiary/aromatic N) is 1. The zero-order chi connectivity index (χ0) is 17.0. The molecule has 0 aliphatic rings. The quantitative estimate of drug-likeness (QED) is 0.348. The van der Waals surface area contributed by atoms with Gasteiger partial charge >= 0.3 is 0 Å². The number of non-ortho nitro benzene ring substituents is 1. The topological polar surface area (TPSA) is 104 Å². The Labute approximate surface area is 132 Å². The maximum Gasteiger partial charge on any atom is 0.297 e. The molecular weight excluding hydrogens is 322 g/mol. The van der Waals surface area contributed by atoms with Crippen LogP contribution in [0.25, 0.3) is 0 Å². The fraction of sp³-hybridized carbons (Fsp3) is 0.133. The number of rotatable bonds is 6. The molecule has 2 rings (SSSR count). The van der Waals surface area contributed by atoms with Gasteiger partial charge in [-0.1, -0.05) is 29.8 Å². The van der Waals surface area contributed by atoms with Crippen LogP contribution in [0.4, 0.5) is 5.69 Å². The average molecular weight is 335 g/mol. The van der Waals surface area contributed by atoms with Gasteiger partial charge in [-0.25, -0.2) is 0 Å². The van der Waals surface area contributed by atoms with E-state index >= 15 is 0 Å². The Morgan fingerprint density at radius 3 is 2.43 bits per heavy atom. The highest BCUT2D eigenvalue weighted by atomic mass is 32.2. The molecule has 8 heteroatoms. The molecule has 0 aliphatic carbocycles. The first kappa shape index (κ1) is 16.8. The Kier molecular flexibility index (Phi) is 4.87. The van der Waals surface area contributed by atoms with E-state index in [1.165, 1.54) is 30.3 Å². The molecule has 2 aromatic rings. The Bertz CT molecular complexity index is 843. The van der Waals surface area contributed by atoms with E-state index < -0.39 is 27.4 Å². The van der Waals surface area contributed by atoms with Crippen molar-refractivity contribution in [3.8, 4) is 0 Å². The second kappa shape index (κ2) is 6.67. The molecule has 2 aromatic carbocycles. The number of hydrogen-bond acceptors (Lipinski definition) is 6. The first-order valence-electron chi connectivity index (χ1n) is 6.53. The lowest BCUT2D eigenvalue weighted by Gasteiger charge is -2.05. The van der Waals surface area contributed by atoms with Crippen molar-refractivity contribution in [2.45, 2.75) is 11.8 Å². The standard InChI is InChI=1S/C15H13NO6S/c1-11-5-7-14(8-6-11)23(20,21)22-10-15(17)12-3-2-4-13(9-12)16(18)19/h2-9H,10H2,1H3. The van der Waals surface area contributed by atoms with Gasteiger partial charge in [0.25, 0.3) is 15.8 Å². The number of aryl methyl sites for hydroxylation is 1. The van der Waals surface area contributed by atoms with E-state index in [4.69, 9.17) is 4.18 Å². The number of nitro groups is 1. The van der Waals surface area contributed by atoms with E-state index in [1.54, 1.807) is 12.1 Å². The van der Waals surface area contributed by atoms with Gasteiger partial charge in [-0.3, -0.25) is 19.1 Å². The van der Waals surface area contributed by atoms with Crippen molar-refractivity contribution >= 4 is 21.6 Å². The zero-order valence-corrected chi connectivity index (χ0v) is 12.9. The highest BCUT2D eigenvalue weighted by molar-refractivity contribution is 7.86. The summed E-state index contributed by atoms with van der Waals surface area (Å²) in [5.41, 5.74) is 0.646. The number of carbonyl (C=O) groups is 1. The van der Waals surface area contributed by atoms with Crippen molar-refractivity contribution in [2.24, 2.45) is 0 Å². The molecule has 0 atom stereocenters. The molecule has 0 amide bonds. The van der Waals surface area contributed by atoms with Gasteiger partial charge in [0.15, 0.2) is 5.78 Å². The summed E-state index contributed by atoms with van der Waals surface area (Å²) in [7, 11) is -4.06. The number of hydrogen-bond donors (Lipinski definition) is 0. The second-order valence-corrected chi connectivity index (χ2v) is 6.38. The third-order valence-corrected chi connectivity index (χ3v) is 4.31. The van der Waals surface area contributed by atoms with Gasteiger partial charge in [-0.05, 0) is 19.1 Å². The minimum absolute atomic E-state index is 0.0123. The number of carbonyl (C=O) groups excluding carboxylic acids is 1. The summed E-state index contributed by atoms with van der Waals surface area (Å²) >= 11 is 0. The van der Waals surface area contributed by atoms with Crippen molar-refractivity contribution in [1.29, 1.82) is 0 Å². The number of nitro benzene ring substituents is 1. The Morgan fingerprint density at radius 1 is 1.17 bits per heavy atom. The highest BCUT2D eigenvalue weighted by Crippen LogP contribution is 2.16. The van der Waals surface area contributed by atoms with Gasteiger partial charge in [-0.15, -0.1) is 0 Å². The molecule has 0 unspecified atom stereocenters. The third kappa shape index (κ3) is 4.21. The van der Waals surface area contributed by atoms with Crippen LogP contribution >= 0.6 is 0 Å². The van der Waals surface area contributed by atoms with Crippen LogP contribution < -0.4 is 0 Å². The number of Topliss-reactive ketones (excluding diaryl/α,β-unsaturated/α-hetero) is 1. The smallest absolute Gasteiger partial charge is 0.291 e. The zero-order valence-electron chi connectivity index (χ0n) is 12.1. The molecular formula is C15H13NO6S. The lowest BCUT2D eigenvalue weighted by atomic mass is 10.1. The summed E-state index contributed by atoms with van der Waals surface area (Å²) in [4.78, 5) is 21.9. The molecule has 0 radical (unpaired) electrons. The maximum absolute atomic E-state index is 12.0. The van der Waals surface area contributed by atoms with E-state index in [9.17, 15) is 23.3 Å². The molecule has 23 heavy (non-hydrogen) atoms. The summed E-state index contributed by atoms with van der Waals surface area (Å²) < 4.78 is 28.7. The average Bonchev–Trinajstić information content (AvgIpc) is 2.53. The Morgan fingerprint density at radius 2 is 1.83 bits per heavy atom. The normalized spacial score (nSPS) is 11.2. The first-order chi connectivity index (χ1) is 10.8. The van der Waals surface area contributed by atoms with Gasteiger partial charge in [0.1, 0.15) is 6.61 Å². The molecule has 0 heterocycles. The van der Waals surface area contributed by atoms with Crippen LogP contribution in [0.2, 0.25) is 0 Å². The molecule has 0 spiro atoms. The fourth-order valence-corrected chi connectivity index (χ4v) is 2.65. The highest BCUT2D eigenvalue weighted by Gasteiger charge is 2.18. The predicted molar refractivity (Wildman–Crippen MR) is 81.7 cm³/mol. The SMILES string of the molecule is Cc1ccc(S(=O)(=O)OCC(=O)c2cccc([N+](=O)[O-])c2)cc1.